The van der Waals surface area contributed by atoms with Gasteiger partial charge in [0.15, 0.2) is 0 Å². The minimum absolute atomic E-state index is 0.729. The molecule has 0 aromatic rings. The molecule has 1 heterocycles. The van der Waals surface area contributed by atoms with Crippen molar-refractivity contribution in [1.29, 1.82) is 0 Å². The highest BCUT2D eigenvalue weighted by Crippen LogP contribution is 2.20. The molecule has 0 aromatic heterocycles. The SMILES string of the molecule is CCNC1CC(CC)CN(CC(C)C)C1. The van der Waals surface area contributed by atoms with E-state index in [1.807, 2.05) is 0 Å². The van der Waals surface area contributed by atoms with Crippen LogP contribution < -0.4 is 5.32 Å². The van der Waals surface area contributed by atoms with Gasteiger partial charge in [-0.1, -0.05) is 34.1 Å². The van der Waals surface area contributed by atoms with Gasteiger partial charge in [0.25, 0.3) is 0 Å². The summed E-state index contributed by atoms with van der Waals surface area (Å²) in [5.41, 5.74) is 0. The second-order valence-corrected chi connectivity index (χ2v) is 5.38. The van der Waals surface area contributed by atoms with Gasteiger partial charge in [0.2, 0.25) is 0 Å². The van der Waals surface area contributed by atoms with E-state index in [1.54, 1.807) is 0 Å². The van der Waals surface area contributed by atoms with Crippen molar-refractivity contribution in [1.82, 2.24) is 10.2 Å². The fourth-order valence-corrected chi connectivity index (χ4v) is 2.70. The first-order chi connectivity index (χ1) is 7.15. The van der Waals surface area contributed by atoms with Crippen LogP contribution in [0.2, 0.25) is 0 Å². The third kappa shape index (κ3) is 4.52. The maximum atomic E-state index is 3.61. The van der Waals surface area contributed by atoms with Crippen molar-refractivity contribution in [3.05, 3.63) is 0 Å². The topological polar surface area (TPSA) is 15.3 Å². The average molecular weight is 212 g/mol. The lowest BCUT2D eigenvalue weighted by Gasteiger charge is -2.38. The number of nitrogens with one attached hydrogen (secondary N) is 1. The summed E-state index contributed by atoms with van der Waals surface area (Å²) in [4.78, 5) is 2.65. The van der Waals surface area contributed by atoms with Crippen molar-refractivity contribution in [2.75, 3.05) is 26.2 Å². The third-order valence-corrected chi connectivity index (χ3v) is 3.31. The van der Waals surface area contributed by atoms with E-state index in [-0.39, 0.29) is 0 Å². The molecule has 90 valence electrons. The molecule has 0 bridgehead atoms. The Morgan fingerprint density at radius 3 is 2.53 bits per heavy atom. The van der Waals surface area contributed by atoms with E-state index in [1.165, 1.54) is 32.5 Å². The molecule has 0 aromatic carbocycles. The Morgan fingerprint density at radius 1 is 1.27 bits per heavy atom. The van der Waals surface area contributed by atoms with Crippen LogP contribution in [0.25, 0.3) is 0 Å². The highest BCUT2D eigenvalue weighted by atomic mass is 15.2. The summed E-state index contributed by atoms with van der Waals surface area (Å²) in [5.74, 6) is 1.70. The Kier molecular flexibility index (Phi) is 5.62. The molecule has 0 radical (unpaired) electrons. The minimum atomic E-state index is 0.729. The van der Waals surface area contributed by atoms with Gasteiger partial charge in [-0.15, -0.1) is 0 Å². The van der Waals surface area contributed by atoms with E-state index in [4.69, 9.17) is 0 Å². The van der Waals surface area contributed by atoms with Gasteiger partial charge in [-0.05, 0) is 24.8 Å². The summed E-state index contributed by atoms with van der Waals surface area (Å²) in [6.45, 7) is 14.1. The lowest BCUT2D eigenvalue weighted by molar-refractivity contribution is 0.127. The van der Waals surface area contributed by atoms with Crippen LogP contribution in [0.3, 0.4) is 0 Å². The molecular weight excluding hydrogens is 184 g/mol. The molecule has 1 fully saturated rings. The standard InChI is InChI=1S/C13H28N2/c1-5-12-7-13(14-6-2)10-15(9-12)8-11(3)4/h11-14H,5-10H2,1-4H3. The molecule has 1 aliphatic heterocycles. The van der Waals surface area contributed by atoms with Crippen molar-refractivity contribution in [2.24, 2.45) is 11.8 Å². The monoisotopic (exact) mass is 212 g/mol. The molecule has 2 unspecified atom stereocenters. The summed E-state index contributed by atoms with van der Waals surface area (Å²) in [6, 6.07) is 0.729. The zero-order valence-electron chi connectivity index (χ0n) is 10.9. The quantitative estimate of drug-likeness (QED) is 0.752. The van der Waals surface area contributed by atoms with Crippen LogP contribution in [0.15, 0.2) is 0 Å². The lowest BCUT2D eigenvalue weighted by Crippen LogP contribution is -2.49. The van der Waals surface area contributed by atoms with E-state index in [2.05, 4.69) is 37.9 Å². The smallest absolute Gasteiger partial charge is 0.0198 e. The van der Waals surface area contributed by atoms with Gasteiger partial charge >= 0.3 is 0 Å². The summed E-state index contributed by atoms with van der Waals surface area (Å²) in [5, 5.41) is 3.61. The lowest BCUT2D eigenvalue weighted by atomic mass is 9.91. The first-order valence-corrected chi connectivity index (χ1v) is 6.61. The molecule has 2 nitrogen and oxygen atoms in total. The van der Waals surface area contributed by atoms with E-state index >= 15 is 0 Å². The Balaban J connectivity index is 2.43. The normalized spacial score (nSPS) is 28.6. The van der Waals surface area contributed by atoms with E-state index < -0.39 is 0 Å². The van der Waals surface area contributed by atoms with Crippen molar-refractivity contribution in [2.45, 2.75) is 46.6 Å². The maximum absolute atomic E-state index is 3.61. The molecule has 2 heteroatoms. The zero-order valence-corrected chi connectivity index (χ0v) is 10.9. The second kappa shape index (κ2) is 6.49. The summed E-state index contributed by atoms with van der Waals surface area (Å²) in [6.07, 6.45) is 2.70. The second-order valence-electron chi connectivity index (χ2n) is 5.38. The Bertz CT molecular complexity index is 168. The fraction of sp³-hybridized carbons (Fsp3) is 1.00. The van der Waals surface area contributed by atoms with Crippen LogP contribution in [0.1, 0.15) is 40.5 Å². The molecule has 0 aliphatic carbocycles. The van der Waals surface area contributed by atoms with Gasteiger partial charge in [0.05, 0.1) is 0 Å². The Hall–Kier alpha value is -0.0800. The number of likely N-dealkylation sites (tertiary alicyclic amines) is 1. The summed E-state index contributed by atoms with van der Waals surface area (Å²) in [7, 11) is 0. The van der Waals surface area contributed by atoms with Crippen LogP contribution in [-0.2, 0) is 0 Å². The summed E-state index contributed by atoms with van der Waals surface area (Å²) < 4.78 is 0. The number of hydrogen-bond donors (Lipinski definition) is 1. The number of hydrogen-bond acceptors (Lipinski definition) is 2. The summed E-state index contributed by atoms with van der Waals surface area (Å²) >= 11 is 0. The van der Waals surface area contributed by atoms with Crippen molar-refractivity contribution in [3.63, 3.8) is 0 Å². The van der Waals surface area contributed by atoms with Crippen molar-refractivity contribution >= 4 is 0 Å². The van der Waals surface area contributed by atoms with E-state index in [9.17, 15) is 0 Å². The van der Waals surface area contributed by atoms with Gasteiger partial charge in [0, 0.05) is 25.7 Å². The van der Waals surface area contributed by atoms with Crippen LogP contribution in [0.4, 0.5) is 0 Å². The van der Waals surface area contributed by atoms with Crippen molar-refractivity contribution < 1.29 is 0 Å². The molecule has 0 saturated carbocycles. The zero-order chi connectivity index (χ0) is 11.3. The van der Waals surface area contributed by atoms with Crippen LogP contribution >= 0.6 is 0 Å². The molecule has 1 saturated heterocycles. The number of likely N-dealkylation sites (N-methyl/N-ethyl adjacent to an activating group) is 1. The Morgan fingerprint density at radius 2 is 2.00 bits per heavy atom. The molecule has 2 atom stereocenters. The maximum Gasteiger partial charge on any atom is 0.0198 e. The molecule has 0 spiro atoms. The largest absolute Gasteiger partial charge is 0.313 e. The number of rotatable bonds is 5. The molecule has 1 aliphatic rings. The van der Waals surface area contributed by atoms with Gasteiger partial charge in [-0.3, -0.25) is 0 Å². The predicted octanol–water partition coefficient (Wildman–Crippen LogP) is 2.35. The van der Waals surface area contributed by atoms with Gasteiger partial charge in [-0.25, -0.2) is 0 Å². The average Bonchev–Trinajstić information content (AvgIpc) is 2.16. The fourth-order valence-electron chi connectivity index (χ4n) is 2.70. The van der Waals surface area contributed by atoms with E-state index in [0.717, 1.165) is 24.4 Å². The number of piperidine rings is 1. The van der Waals surface area contributed by atoms with Crippen LogP contribution in [0, 0.1) is 11.8 Å². The van der Waals surface area contributed by atoms with E-state index in [0.29, 0.717) is 0 Å². The molecular formula is C13H28N2. The molecule has 0 amide bonds. The molecule has 1 N–H and O–H groups in total. The first kappa shape index (κ1) is 13.0. The highest BCUT2D eigenvalue weighted by molar-refractivity contribution is 4.83. The van der Waals surface area contributed by atoms with Gasteiger partial charge in [-0.2, -0.15) is 0 Å². The third-order valence-electron chi connectivity index (χ3n) is 3.31. The highest BCUT2D eigenvalue weighted by Gasteiger charge is 2.25. The first-order valence-electron chi connectivity index (χ1n) is 6.61. The Labute approximate surface area is 95.4 Å². The predicted molar refractivity (Wildman–Crippen MR) is 67.1 cm³/mol. The van der Waals surface area contributed by atoms with Crippen molar-refractivity contribution in [3.8, 4) is 0 Å². The van der Waals surface area contributed by atoms with Gasteiger partial charge < -0.3 is 10.2 Å². The minimum Gasteiger partial charge on any atom is -0.313 e. The van der Waals surface area contributed by atoms with Gasteiger partial charge in [0.1, 0.15) is 0 Å². The van der Waals surface area contributed by atoms with Crippen LogP contribution in [-0.4, -0.2) is 37.1 Å². The molecule has 1 rings (SSSR count). The number of nitrogens with zero attached hydrogens (tertiary/aromatic N) is 1. The molecule has 15 heavy (non-hydrogen) atoms. The van der Waals surface area contributed by atoms with Crippen LogP contribution in [0.5, 0.6) is 0 Å².